The van der Waals surface area contributed by atoms with Gasteiger partial charge in [0.15, 0.2) is 5.96 Å². The van der Waals surface area contributed by atoms with Gasteiger partial charge in [0.1, 0.15) is 5.75 Å². The minimum Gasteiger partial charge on any atom is -0.507 e. The molecule has 0 radical (unpaired) electrons. The number of hydrogen-bond donors (Lipinski definition) is 3. The SMILES string of the molecule is CC(C)CNC(N)=NCc1ccc(O)c(Br)c1. The maximum atomic E-state index is 9.35. The van der Waals surface area contributed by atoms with Gasteiger partial charge < -0.3 is 16.2 Å². The smallest absolute Gasteiger partial charge is 0.188 e. The molecule has 0 atom stereocenters. The number of hydrogen-bond acceptors (Lipinski definition) is 2. The van der Waals surface area contributed by atoms with Crippen LogP contribution in [0.2, 0.25) is 0 Å². The van der Waals surface area contributed by atoms with Gasteiger partial charge in [0, 0.05) is 6.54 Å². The molecular weight excluding hydrogens is 282 g/mol. The molecule has 1 aromatic rings. The van der Waals surface area contributed by atoms with E-state index in [1.54, 1.807) is 6.07 Å². The second-order valence-electron chi connectivity index (χ2n) is 4.26. The first-order valence-corrected chi connectivity index (χ1v) is 6.29. The Hall–Kier alpha value is -1.23. The zero-order chi connectivity index (χ0) is 12.8. The second kappa shape index (κ2) is 6.49. The Morgan fingerprint density at radius 1 is 1.53 bits per heavy atom. The minimum absolute atomic E-state index is 0.226. The van der Waals surface area contributed by atoms with Crippen LogP contribution in [0.5, 0.6) is 5.75 Å². The second-order valence-corrected chi connectivity index (χ2v) is 5.12. The third-order valence-corrected chi connectivity index (χ3v) is 2.77. The Labute approximate surface area is 110 Å². The van der Waals surface area contributed by atoms with Crippen LogP contribution in [-0.2, 0) is 6.54 Å². The van der Waals surface area contributed by atoms with E-state index in [-0.39, 0.29) is 5.75 Å². The van der Waals surface area contributed by atoms with E-state index in [0.717, 1.165) is 12.1 Å². The fraction of sp³-hybridized carbons (Fsp3) is 0.417. The number of nitrogens with two attached hydrogens (primary N) is 1. The molecule has 0 aliphatic heterocycles. The molecule has 0 aromatic heterocycles. The van der Waals surface area contributed by atoms with E-state index in [0.29, 0.717) is 22.9 Å². The van der Waals surface area contributed by atoms with Gasteiger partial charge in [-0.15, -0.1) is 0 Å². The van der Waals surface area contributed by atoms with Gasteiger partial charge in [0.05, 0.1) is 11.0 Å². The van der Waals surface area contributed by atoms with Crippen LogP contribution in [0.1, 0.15) is 19.4 Å². The lowest BCUT2D eigenvalue weighted by Crippen LogP contribution is -2.34. The molecule has 4 nitrogen and oxygen atoms in total. The summed E-state index contributed by atoms with van der Waals surface area (Å²) in [4.78, 5) is 4.22. The highest BCUT2D eigenvalue weighted by Gasteiger charge is 1.99. The molecular formula is C12H18BrN3O. The predicted octanol–water partition coefficient (Wildman–Crippen LogP) is 2.21. The van der Waals surface area contributed by atoms with Crippen molar-refractivity contribution in [2.24, 2.45) is 16.6 Å². The van der Waals surface area contributed by atoms with E-state index >= 15 is 0 Å². The summed E-state index contributed by atoms with van der Waals surface area (Å²) >= 11 is 3.26. The van der Waals surface area contributed by atoms with Crippen LogP contribution < -0.4 is 11.1 Å². The summed E-state index contributed by atoms with van der Waals surface area (Å²) < 4.78 is 0.666. The van der Waals surface area contributed by atoms with Crippen LogP contribution in [0.4, 0.5) is 0 Å². The van der Waals surface area contributed by atoms with Crippen LogP contribution >= 0.6 is 15.9 Å². The summed E-state index contributed by atoms with van der Waals surface area (Å²) in [5.74, 6) is 1.21. The molecule has 0 spiro atoms. The van der Waals surface area contributed by atoms with E-state index in [1.165, 1.54) is 0 Å². The van der Waals surface area contributed by atoms with Gasteiger partial charge in [-0.05, 0) is 39.5 Å². The van der Waals surface area contributed by atoms with Crippen LogP contribution in [0, 0.1) is 5.92 Å². The molecule has 0 aliphatic rings. The van der Waals surface area contributed by atoms with Crippen LogP contribution in [0.15, 0.2) is 27.7 Å². The van der Waals surface area contributed by atoms with Crippen molar-refractivity contribution in [3.05, 3.63) is 28.2 Å². The van der Waals surface area contributed by atoms with E-state index in [9.17, 15) is 5.11 Å². The summed E-state index contributed by atoms with van der Waals surface area (Å²) in [7, 11) is 0. The Kier molecular flexibility index (Phi) is 5.28. The van der Waals surface area contributed by atoms with E-state index < -0.39 is 0 Å². The van der Waals surface area contributed by atoms with Crippen molar-refractivity contribution < 1.29 is 5.11 Å². The number of aromatic hydroxyl groups is 1. The lowest BCUT2D eigenvalue weighted by molar-refractivity contribution is 0.471. The predicted molar refractivity (Wildman–Crippen MR) is 74.0 cm³/mol. The van der Waals surface area contributed by atoms with Crippen molar-refractivity contribution in [2.45, 2.75) is 20.4 Å². The van der Waals surface area contributed by atoms with E-state index in [1.807, 2.05) is 12.1 Å². The third-order valence-electron chi connectivity index (χ3n) is 2.14. The van der Waals surface area contributed by atoms with Gasteiger partial charge >= 0.3 is 0 Å². The van der Waals surface area contributed by atoms with Gasteiger partial charge in [0.25, 0.3) is 0 Å². The van der Waals surface area contributed by atoms with Crippen molar-refractivity contribution in [3.8, 4) is 5.75 Å². The van der Waals surface area contributed by atoms with Crippen LogP contribution in [0.3, 0.4) is 0 Å². The summed E-state index contributed by atoms with van der Waals surface area (Å²) in [6.07, 6.45) is 0. The maximum Gasteiger partial charge on any atom is 0.188 e. The molecule has 0 aliphatic carbocycles. The molecule has 0 bridgehead atoms. The monoisotopic (exact) mass is 299 g/mol. The number of aliphatic imine (C=N–C) groups is 1. The van der Waals surface area contributed by atoms with Gasteiger partial charge in [-0.1, -0.05) is 19.9 Å². The molecule has 94 valence electrons. The van der Waals surface area contributed by atoms with Gasteiger partial charge in [0.2, 0.25) is 0 Å². The summed E-state index contributed by atoms with van der Waals surface area (Å²) in [6, 6.07) is 5.28. The van der Waals surface area contributed by atoms with Crippen molar-refractivity contribution in [1.29, 1.82) is 0 Å². The van der Waals surface area contributed by atoms with Crippen molar-refractivity contribution >= 4 is 21.9 Å². The highest BCUT2D eigenvalue weighted by Crippen LogP contribution is 2.24. The Morgan fingerprint density at radius 2 is 2.24 bits per heavy atom. The number of nitrogens with one attached hydrogen (secondary N) is 1. The Morgan fingerprint density at radius 3 is 2.82 bits per heavy atom. The molecule has 0 heterocycles. The van der Waals surface area contributed by atoms with Gasteiger partial charge in [-0.25, -0.2) is 4.99 Å². The number of benzene rings is 1. The standard InChI is InChI=1S/C12H18BrN3O/c1-8(2)6-15-12(14)16-7-9-3-4-11(17)10(13)5-9/h3-5,8,17H,6-7H2,1-2H3,(H3,14,15,16). The molecule has 1 aromatic carbocycles. The number of guanidine groups is 1. The van der Waals surface area contributed by atoms with Crippen molar-refractivity contribution in [1.82, 2.24) is 5.32 Å². The molecule has 1 rings (SSSR count). The first-order chi connectivity index (χ1) is 7.99. The minimum atomic E-state index is 0.226. The molecule has 17 heavy (non-hydrogen) atoms. The Balaban J connectivity index is 2.53. The molecule has 0 saturated heterocycles. The number of halogens is 1. The molecule has 5 heteroatoms. The lowest BCUT2D eigenvalue weighted by Gasteiger charge is -2.08. The number of rotatable bonds is 4. The third kappa shape index (κ3) is 5.08. The normalized spacial score (nSPS) is 11.9. The molecule has 0 unspecified atom stereocenters. The quantitative estimate of drug-likeness (QED) is 0.590. The van der Waals surface area contributed by atoms with E-state index in [4.69, 9.17) is 5.73 Å². The number of phenolic OH excluding ortho intramolecular Hbond substituents is 1. The highest BCUT2D eigenvalue weighted by molar-refractivity contribution is 9.10. The molecule has 4 N–H and O–H groups in total. The average molecular weight is 300 g/mol. The number of phenols is 1. The largest absolute Gasteiger partial charge is 0.507 e. The van der Waals surface area contributed by atoms with Gasteiger partial charge in [-0.3, -0.25) is 0 Å². The molecule has 0 amide bonds. The van der Waals surface area contributed by atoms with E-state index in [2.05, 4.69) is 40.1 Å². The number of nitrogens with zero attached hydrogens (tertiary/aromatic N) is 1. The lowest BCUT2D eigenvalue weighted by atomic mass is 10.2. The van der Waals surface area contributed by atoms with Gasteiger partial charge in [-0.2, -0.15) is 0 Å². The molecule has 0 saturated carbocycles. The summed E-state index contributed by atoms with van der Waals surface area (Å²) in [5, 5.41) is 12.4. The first-order valence-electron chi connectivity index (χ1n) is 5.50. The zero-order valence-electron chi connectivity index (χ0n) is 10.1. The van der Waals surface area contributed by atoms with Crippen LogP contribution in [-0.4, -0.2) is 17.6 Å². The van der Waals surface area contributed by atoms with Crippen molar-refractivity contribution in [3.63, 3.8) is 0 Å². The van der Waals surface area contributed by atoms with Crippen molar-refractivity contribution in [2.75, 3.05) is 6.54 Å². The summed E-state index contributed by atoms with van der Waals surface area (Å²) in [5.41, 5.74) is 6.71. The zero-order valence-corrected chi connectivity index (χ0v) is 11.7. The molecule has 0 fully saturated rings. The highest BCUT2D eigenvalue weighted by atomic mass is 79.9. The fourth-order valence-electron chi connectivity index (χ4n) is 1.19. The first kappa shape index (κ1) is 13.8. The topological polar surface area (TPSA) is 70.6 Å². The Bertz CT molecular complexity index is 405. The maximum absolute atomic E-state index is 9.35. The van der Waals surface area contributed by atoms with Crippen LogP contribution in [0.25, 0.3) is 0 Å². The fourth-order valence-corrected chi connectivity index (χ4v) is 1.62. The summed E-state index contributed by atoms with van der Waals surface area (Å²) in [6.45, 7) is 5.53. The average Bonchev–Trinajstić information content (AvgIpc) is 2.28.